The Morgan fingerprint density at radius 2 is 2.12 bits per heavy atom. The summed E-state index contributed by atoms with van der Waals surface area (Å²) in [6.07, 6.45) is 0. The van der Waals surface area contributed by atoms with Crippen LogP contribution in [0.5, 0.6) is 0 Å². The van der Waals surface area contributed by atoms with Gasteiger partial charge in [-0.2, -0.15) is 0 Å². The topological polar surface area (TPSA) is 71.4 Å². The van der Waals surface area contributed by atoms with Crippen molar-refractivity contribution in [2.24, 2.45) is 0 Å². The summed E-state index contributed by atoms with van der Waals surface area (Å²) in [6.45, 7) is 3.40. The first-order valence-corrected chi connectivity index (χ1v) is 7.08. The monoisotopic (exact) mass is 254 g/mol. The number of carbonyl (C=O) groups is 1. The van der Waals surface area contributed by atoms with Gasteiger partial charge in [0.1, 0.15) is 0 Å². The molecule has 0 spiro atoms. The van der Waals surface area contributed by atoms with Crippen LogP contribution in [0.15, 0.2) is 23.1 Å². The van der Waals surface area contributed by atoms with Gasteiger partial charge in [-0.25, -0.2) is 8.42 Å². The maximum absolute atomic E-state index is 11.9. The molecule has 1 aromatic carbocycles. The van der Waals surface area contributed by atoms with Crippen LogP contribution in [0.1, 0.15) is 36.8 Å². The Labute approximate surface area is 100 Å². The van der Waals surface area contributed by atoms with Crippen molar-refractivity contribution in [3.63, 3.8) is 0 Å². The van der Waals surface area contributed by atoms with Crippen molar-refractivity contribution in [3.05, 3.63) is 29.3 Å². The summed E-state index contributed by atoms with van der Waals surface area (Å²) in [6, 6.07) is 4.88. The zero-order valence-corrected chi connectivity index (χ0v) is 10.5. The van der Waals surface area contributed by atoms with Crippen LogP contribution in [0.25, 0.3) is 0 Å². The smallest absolute Gasteiger partial charge is 0.310 e. The number of benzene rings is 1. The number of aliphatic carboxylic acids is 1. The first kappa shape index (κ1) is 12.1. The van der Waals surface area contributed by atoms with E-state index in [0.29, 0.717) is 16.0 Å². The number of hydrogen-bond donors (Lipinski definition) is 1. The third kappa shape index (κ3) is 1.84. The fourth-order valence-electron chi connectivity index (χ4n) is 2.37. The Morgan fingerprint density at radius 1 is 1.47 bits per heavy atom. The molecule has 0 radical (unpaired) electrons. The molecule has 2 atom stereocenters. The molecule has 1 N–H and O–H groups in total. The number of carboxylic acid groups (broad SMARTS) is 1. The van der Waals surface area contributed by atoms with E-state index in [1.165, 1.54) is 0 Å². The van der Waals surface area contributed by atoms with Crippen molar-refractivity contribution in [1.82, 2.24) is 0 Å². The molecule has 92 valence electrons. The highest BCUT2D eigenvalue weighted by molar-refractivity contribution is 7.91. The summed E-state index contributed by atoms with van der Waals surface area (Å²) in [7, 11) is -3.23. The minimum atomic E-state index is -3.23. The quantitative estimate of drug-likeness (QED) is 0.873. The van der Waals surface area contributed by atoms with Gasteiger partial charge in [-0.05, 0) is 30.0 Å². The van der Waals surface area contributed by atoms with E-state index in [0.717, 1.165) is 0 Å². The van der Waals surface area contributed by atoms with Crippen molar-refractivity contribution in [3.8, 4) is 0 Å². The van der Waals surface area contributed by atoms with Crippen LogP contribution >= 0.6 is 0 Å². The molecule has 1 heterocycles. The zero-order chi connectivity index (χ0) is 12.8. The first-order valence-electron chi connectivity index (χ1n) is 5.43. The Balaban J connectivity index is 2.67. The molecule has 2 unspecified atom stereocenters. The van der Waals surface area contributed by atoms with Crippen LogP contribution in [-0.2, 0) is 14.6 Å². The van der Waals surface area contributed by atoms with Gasteiger partial charge in [-0.3, -0.25) is 4.79 Å². The molecule has 0 saturated carbocycles. The van der Waals surface area contributed by atoms with Gasteiger partial charge < -0.3 is 5.11 Å². The highest BCUT2D eigenvalue weighted by atomic mass is 32.2. The number of rotatable bonds is 2. The van der Waals surface area contributed by atoms with Crippen molar-refractivity contribution < 1.29 is 18.3 Å². The van der Waals surface area contributed by atoms with Crippen LogP contribution in [0, 0.1) is 0 Å². The summed E-state index contributed by atoms with van der Waals surface area (Å²) in [5.74, 6) is -1.67. The van der Waals surface area contributed by atoms with Crippen molar-refractivity contribution in [2.75, 3.05) is 5.75 Å². The molecule has 1 aliphatic heterocycles. The van der Waals surface area contributed by atoms with E-state index in [2.05, 4.69) is 0 Å². The third-order valence-electron chi connectivity index (χ3n) is 3.23. The summed E-state index contributed by atoms with van der Waals surface area (Å²) in [5.41, 5.74) is 1.30. The van der Waals surface area contributed by atoms with Crippen LogP contribution in [-0.4, -0.2) is 25.2 Å². The van der Waals surface area contributed by atoms with Crippen LogP contribution in [0.3, 0.4) is 0 Å². The molecular weight excluding hydrogens is 240 g/mol. The molecular formula is C12H14O4S. The predicted molar refractivity (Wildman–Crippen MR) is 63.0 cm³/mol. The van der Waals surface area contributed by atoms with Crippen LogP contribution in [0.4, 0.5) is 0 Å². The molecule has 1 aromatic rings. The molecule has 1 aliphatic rings. The summed E-state index contributed by atoms with van der Waals surface area (Å²) < 4.78 is 23.7. The van der Waals surface area contributed by atoms with E-state index < -0.39 is 21.7 Å². The predicted octanol–water partition coefficient (Wildman–Crippen LogP) is 1.77. The first-order chi connectivity index (χ1) is 7.84. The van der Waals surface area contributed by atoms with Crippen molar-refractivity contribution in [2.45, 2.75) is 30.6 Å². The van der Waals surface area contributed by atoms with E-state index in [4.69, 9.17) is 5.11 Å². The molecule has 0 amide bonds. The second kappa shape index (κ2) is 3.84. The highest BCUT2D eigenvalue weighted by Crippen LogP contribution is 2.39. The molecule has 0 fully saturated rings. The largest absolute Gasteiger partial charge is 0.481 e. The zero-order valence-electron chi connectivity index (χ0n) is 9.67. The van der Waals surface area contributed by atoms with E-state index in [1.807, 2.05) is 6.92 Å². The Bertz CT molecular complexity index is 574. The lowest BCUT2D eigenvalue weighted by atomic mass is 9.90. The van der Waals surface area contributed by atoms with E-state index in [1.54, 1.807) is 25.1 Å². The normalized spacial score (nSPS) is 23.1. The lowest BCUT2D eigenvalue weighted by Crippen LogP contribution is -2.10. The van der Waals surface area contributed by atoms with Gasteiger partial charge in [0.05, 0.1) is 16.6 Å². The van der Waals surface area contributed by atoms with Gasteiger partial charge in [0.25, 0.3) is 0 Å². The standard InChI is InChI=1S/C12H14O4S/c1-7-6-17(15,16)10-5-3-4-9(11(7)10)8(2)12(13)14/h3-5,7-8H,6H2,1-2H3,(H,13,14). The van der Waals surface area contributed by atoms with Crippen molar-refractivity contribution in [1.29, 1.82) is 0 Å². The molecule has 5 heteroatoms. The summed E-state index contributed by atoms with van der Waals surface area (Å²) >= 11 is 0. The average molecular weight is 254 g/mol. The lowest BCUT2D eigenvalue weighted by Gasteiger charge is -2.14. The minimum absolute atomic E-state index is 0.0751. The van der Waals surface area contributed by atoms with Gasteiger partial charge in [0, 0.05) is 0 Å². The summed E-state index contributed by atoms with van der Waals surface area (Å²) in [4.78, 5) is 11.3. The second-order valence-electron chi connectivity index (χ2n) is 4.50. The van der Waals surface area contributed by atoms with E-state index in [9.17, 15) is 13.2 Å². The van der Waals surface area contributed by atoms with Gasteiger partial charge in [-0.1, -0.05) is 19.1 Å². The molecule has 0 aromatic heterocycles. The van der Waals surface area contributed by atoms with Gasteiger partial charge in [-0.15, -0.1) is 0 Å². The number of hydrogen-bond acceptors (Lipinski definition) is 3. The minimum Gasteiger partial charge on any atom is -0.481 e. The molecule has 4 nitrogen and oxygen atoms in total. The highest BCUT2D eigenvalue weighted by Gasteiger charge is 2.35. The Morgan fingerprint density at radius 3 is 2.71 bits per heavy atom. The summed E-state index contributed by atoms with van der Waals surface area (Å²) in [5, 5.41) is 9.03. The average Bonchev–Trinajstić information content (AvgIpc) is 2.48. The fourth-order valence-corrected chi connectivity index (χ4v) is 4.32. The maximum Gasteiger partial charge on any atom is 0.310 e. The van der Waals surface area contributed by atoms with Crippen LogP contribution < -0.4 is 0 Å². The van der Waals surface area contributed by atoms with E-state index in [-0.39, 0.29) is 11.7 Å². The van der Waals surface area contributed by atoms with E-state index >= 15 is 0 Å². The lowest BCUT2D eigenvalue weighted by molar-refractivity contribution is -0.138. The number of fused-ring (bicyclic) bond motifs is 1. The van der Waals surface area contributed by atoms with Crippen LogP contribution in [0.2, 0.25) is 0 Å². The maximum atomic E-state index is 11.9. The molecule has 17 heavy (non-hydrogen) atoms. The molecule has 0 bridgehead atoms. The SMILES string of the molecule is CC1CS(=O)(=O)c2cccc(C(C)C(=O)O)c21. The molecule has 0 saturated heterocycles. The molecule has 2 rings (SSSR count). The van der Waals surface area contributed by atoms with Gasteiger partial charge >= 0.3 is 5.97 Å². The number of carboxylic acids is 1. The van der Waals surface area contributed by atoms with Gasteiger partial charge in [0.2, 0.25) is 0 Å². The Hall–Kier alpha value is -1.36. The Kier molecular flexibility index (Phi) is 2.73. The molecule has 0 aliphatic carbocycles. The fraction of sp³-hybridized carbons (Fsp3) is 0.417. The van der Waals surface area contributed by atoms with Crippen molar-refractivity contribution >= 4 is 15.8 Å². The third-order valence-corrected chi connectivity index (χ3v) is 5.20. The number of sulfone groups is 1. The van der Waals surface area contributed by atoms with Gasteiger partial charge in [0.15, 0.2) is 9.84 Å². The second-order valence-corrected chi connectivity index (χ2v) is 6.50.